The number of carbonyl (C=O) groups excluding carboxylic acids is 2. The minimum Gasteiger partial charge on any atom is -0.356 e. The number of amides is 2. The van der Waals surface area contributed by atoms with Crippen LogP contribution in [0.5, 0.6) is 0 Å². The number of rotatable bonds is 6. The number of anilines is 1. The van der Waals surface area contributed by atoms with E-state index in [-0.39, 0.29) is 36.0 Å². The quantitative estimate of drug-likeness (QED) is 0.789. The van der Waals surface area contributed by atoms with Gasteiger partial charge >= 0.3 is 0 Å². The van der Waals surface area contributed by atoms with E-state index in [0.717, 1.165) is 12.8 Å². The van der Waals surface area contributed by atoms with Crippen LogP contribution in [0.25, 0.3) is 10.9 Å². The fraction of sp³-hybridized carbons (Fsp3) is 0.500. The van der Waals surface area contributed by atoms with Gasteiger partial charge in [-0.1, -0.05) is 19.9 Å². The first-order valence-corrected chi connectivity index (χ1v) is 8.68. The molecular formula is C18H23FN4O2. The molecule has 3 rings (SSSR count). The molecule has 1 aromatic heterocycles. The first-order valence-electron chi connectivity index (χ1n) is 8.68. The van der Waals surface area contributed by atoms with E-state index < -0.39 is 11.7 Å². The Balaban J connectivity index is 1.67. The molecule has 1 aliphatic rings. The molecule has 134 valence electrons. The average molecular weight is 346 g/mol. The first kappa shape index (κ1) is 17.4. The third-order valence-electron chi connectivity index (χ3n) is 4.53. The molecule has 2 aromatic rings. The van der Waals surface area contributed by atoms with Crippen molar-refractivity contribution < 1.29 is 14.0 Å². The summed E-state index contributed by atoms with van der Waals surface area (Å²) in [5.41, 5.74) is 0.532. The van der Waals surface area contributed by atoms with Gasteiger partial charge < -0.3 is 5.32 Å². The molecule has 0 unspecified atom stereocenters. The van der Waals surface area contributed by atoms with Gasteiger partial charge in [0, 0.05) is 19.5 Å². The van der Waals surface area contributed by atoms with Gasteiger partial charge in [-0.2, -0.15) is 5.10 Å². The van der Waals surface area contributed by atoms with Gasteiger partial charge in [-0.05, 0) is 30.9 Å². The van der Waals surface area contributed by atoms with Crippen LogP contribution < -0.4 is 10.2 Å². The number of H-pyrrole nitrogens is 1. The van der Waals surface area contributed by atoms with Crippen LogP contribution in [0.3, 0.4) is 0 Å². The highest BCUT2D eigenvalue weighted by atomic mass is 19.1. The zero-order chi connectivity index (χ0) is 18.0. The van der Waals surface area contributed by atoms with Crippen LogP contribution in [0.4, 0.5) is 10.2 Å². The lowest BCUT2D eigenvalue weighted by atomic mass is 10.1. The summed E-state index contributed by atoms with van der Waals surface area (Å²) < 4.78 is 14.1. The van der Waals surface area contributed by atoms with Gasteiger partial charge in [0.25, 0.3) is 0 Å². The van der Waals surface area contributed by atoms with Crippen LogP contribution in [0, 0.1) is 17.7 Å². The predicted molar refractivity (Wildman–Crippen MR) is 93.6 cm³/mol. The number of nitrogens with one attached hydrogen (secondary N) is 2. The Labute approximate surface area is 145 Å². The minimum absolute atomic E-state index is 0.124. The highest BCUT2D eigenvalue weighted by Crippen LogP contribution is 2.31. The summed E-state index contributed by atoms with van der Waals surface area (Å²) >= 11 is 0. The smallest absolute Gasteiger partial charge is 0.229 e. The molecular weight excluding hydrogens is 323 g/mol. The summed E-state index contributed by atoms with van der Waals surface area (Å²) in [5.74, 6) is -0.337. The number of carbonyl (C=O) groups is 2. The summed E-state index contributed by atoms with van der Waals surface area (Å²) in [6, 6.07) is 4.62. The number of hydrogen-bond donors (Lipinski definition) is 2. The number of aromatic nitrogens is 2. The van der Waals surface area contributed by atoms with E-state index in [0.29, 0.717) is 18.0 Å². The van der Waals surface area contributed by atoms with Crippen molar-refractivity contribution in [3.8, 4) is 0 Å². The lowest BCUT2D eigenvalue weighted by Crippen LogP contribution is -2.33. The van der Waals surface area contributed by atoms with Crippen molar-refractivity contribution in [1.29, 1.82) is 0 Å². The van der Waals surface area contributed by atoms with Crippen molar-refractivity contribution in [2.75, 3.05) is 18.0 Å². The highest BCUT2D eigenvalue weighted by molar-refractivity contribution is 6.05. The average Bonchev–Trinajstić information content (AvgIpc) is 3.15. The zero-order valence-corrected chi connectivity index (χ0v) is 14.5. The molecule has 1 fully saturated rings. The van der Waals surface area contributed by atoms with Gasteiger partial charge in [0.2, 0.25) is 11.8 Å². The first-order chi connectivity index (χ1) is 12.0. The Morgan fingerprint density at radius 3 is 3.04 bits per heavy atom. The van der Waals surface area contributed by atoms with Gasteiger partial charge in [0.1, 0.15) is 5.82 Å². The fourth-order valence-corrected chi connectivity index (χ4v) is 3.16. The third kappa shape index (κ3) is 3.65. The van der Waals surface area contributed by atoms with Crippen molar-refractivity contribution in [3.05, 3.63) is 24.0 Å². The molecule has 1 atom stereocenters. The summed E-state index contributed by atoms with van der Waals surface area (Å²) in [7, 11) is 0. The normalized spacial score (nSPS) is 17.7. The van der Waals surface area contributed by atoms with Crippen molar-refractivity contribution in [2.24, 2.45) is 11.8 Å². The van der Waals surface area contributed by atoms with Crippen molar-refractivity contribution >= 4 is 28.5 Å². The number of fused-ring (bicyclic) bond motifs is 1. The molecule has 0 saturated carbocycles. The zero-order valence-electron chi connectivity index (χ0n) is 14.5. The maximum Gasteiger partial charge on any atom is 0.229 e. The van der Waals surface area contributed by atoms with Crippen LogP contribution in [0.15, 0.2) is 18.2 Å². The van der Waals surface area contributed by atoms with Gasteiger partial charge in [-0.15, -0.1) is 0 Å². The molecule has 0 bridgehead atoms. The summed E-state index contributed by atoms with van der Waals surface area (Å²) in [4.78, 5) is 26.0. The molecule has 2 amide bonds. The van der Waals surface area contributed by atoms with Gasteiger partial charge in [-0.25, -0.2) is 4.39 Å². The van der Waals surface area contributed by atoms with E-state index in [1.165, 1.54) is 11.0 Å². The van der Waals surface area contributed by atoms with Gasteiger partial charge in [0.05, 0.1) is 16.8 Å². The SMILES string of the molecule is CC(C)CCCNC(=O)[C@@H]1CC(=O)N(c2n[nH]c3cccc(F)c23)C1. The Bertz CT molecular complexity index is 786. The second-order valence-electron chi connectivity index (χ2n) is 6.94. The van der Waals surface area contributed by atoms with E-state index in [2.05, 4.69) is 29.4 Å². The largest absolute Gasteiger partial charge is 0.356 e. The number of hydrogen-bond acceptors (Lipinski definition) is 3. The highest BCUT2D eigenvalue weighted by Gasteiger charge is 2.37. The minimum atomic E-state index is -0.435. The van der Waals surface area contributed by atoms with Crippen molar-refractivity contribution in [1.82, 2.24) is 15.5 Å². The van der Waals surface area contributed by atoms with Crippen LogP contribution in [0.1, 0.15) is 33.1 Å². The maximum atomic E-state index is 14.1. The molecule has 25 heavy (non-hydrogen) atoms. The van der Waals surface area contributed by atoms with Crippen LogP contribution >= 0.6 is 0 Å². The number of halogens is 1. The van der Waals surface area contributed by atoms with Crippen LogP contribution in [-0.4, -0.2) is 35.1 Å². The van der Waals surface area contributed by atoms with E-state index in [9.17, 15) is 14.0 Å². The number of nitrogens with zero attached hydrogens (tertiary/aromatic N) is 2. The second kappa shape index (κ2) is 7.21. The Morgan fingerprint density at radius 2 is 2.28 bits per heavy atom. The van der Waals surface area contributed by atoms with Gasteiger partial charge in [0.15, 0.2) is 5.82 Å². The van der Waals surface area contributed by atoms with E-state index in [4.69, 9.17) is 0 Å². The van der Waals surface area contributed by atoms with Crippen molar-refractivity contribution in [2.45, 2.75) is 33.1 Å². The third-order valence-corrected chi connectivity index (χ3v) is 4.53. The number of benzene rings is 1. The monoisotopic (exact) mass is 346 g/mol. The molecule has 2 heterocycles. The Morgan fingerprint density at radius 1 is 1.48 bits per heavy atom. The molecule has 1 aromatic carbocycles. The Hall–Kier alpha value is -2.44. The Kier molecular flexibility index (Phi) is 5.01. The molecule has 2 N–H and O–H groups in total. The maximum absolute atomic E-state index is 14.1. The molecule has 0 spiro atoms. The fourth-order valence-electron chi connectivity index (χ4n) is 3.16. The standard InChI is InChI=1S/C18H23FN4O2/c1-11(2)5-4-8-20-18(25)12-9-15(24)23(10-12)17-16-13(19)6-3-7-14(16)21-22-17/h3,6-7,11-12H,4-5,8-10H2,1-2H3,(H,20,25)(H,21,22)/t12-/m1/s1. The lowest BCUT2D eigenvalue weighted by molar-refractivity contribution is -0.126. The predicted octanol–water partition coefficient (Wildman–Crippen LogP) is 2.61. The van der Waals surface area contributed by atoms with E-state index >= 15 is 0 Å². The van der Waals surface area contributed by atoms with Crippen molar-refractivity contribution in [3.63, 3.8) is 0 Å². The molecule has 6 nitrogen and oxygen atoms in total. The number of aromatic amines is 1. The molecule has 1 saturated heterocycles. The van der Waals surface area contributed by atoms with Crippen LogP contribution in [-0.2, 0) is 9.59 Å². The summed E-state index contributed by atoms with van der Waals surface area (Å²) in [6.45, 7) is 5.12. The van der Waals surface area contributed by atoms with E-state index in [1.807, 2.05) is 0 Å². The van der Waals surface area contributed by atoms with Crippen LogP contribution in [0.2, 0.25) is 0 Å². The molecule has 1 aliphatic heterocycles. The summed E-state index contributed by atoms with van der Waals surface area (Å²) in [6.07, 6.45) is 2.09. The molecule has 7 heteroatoms. The van der Waals surface area contributed by atoms with E-state index in [1.54, 1.807) is 12.1 Å². The lowest BCUT2D eigenvalue weighted by Gasteiger charge is -2.14. The molecule has 0 aliphatic carbocycles. The topological polar surface area (TPSA) is 78.1 Å². The molecule has 0 radical (unpaired) electrons. The van der Waals surface area contributed by atoms with Gasteiger partial charge in [-0.3, -0.25) is 19.6 Å². The second-order valence-corrected chi connectivity index (χ2v) is 6.94. The summed E-state index contributed by atoms with van der Waals surface area (Å²) in [5, 5.41) is 10.0.